The number of carbonyl (C=O) groups excluding carboxylic acids is 1. The van der Waals surface area contributed by atoms with E-state index >= 15 is 0 Å². The fourth-order valence-corrected chi connectivity index (χ4v) is 5.15. The second-order valence-electron chi connectivity index (χ2n) is 6.72. The molecular formula is C17H26ClN3O3S. The molecule has 0 saturated heterocycles. The summed E-state index contributed by atoms with van der Waals surface area (Å²) < 4.78 is 28.3. The first kappa shape index (κ1) is 20.2. The lowest BCUT2D eigenvalue weighted by Gasteiger charge is -2.29. The first-order valence-corrected chi connectivity index (χ1v) is 10.0. The standard InChI is InChI=1S/C17H25N3O3S.ClH/c1-12(21)20-9-3-5-13-7-8-15(10-17(13)20)24(22,23)19-16-6-2-4-14(16)11-18;/h7-8,10,14,16,19H,2-6,9,11,18H2,1H3;1H. The van der Waals surface area contributed by atoms with Gasteiger partial charge in [-0.2, -0.15) is 0 Å². The number of carbonyl (C=O) groups is 1. The lowest BCUT2D eigenvalue weighted by atomic mass is 10.0. The molecule has 2 atom stereocenters. The predicted molar refractivity (Wildman–Crippen MR) is 101 cm³/mol. The molecule has 1 saturated carbocycles. The van der Waals surface area contributed by atoms with Crippen molar-refractivity contribution in [2.75, 3.05) is 18.0 Å². The Bertz CT molecular complexity index is 739. The average molecular weight is 388 g/mol. The molecule has 6 nitrogen and oxygen atoms in total. The first-order valence-electron chi connectivity index (χ1n) is 8.56. The van der Waals surface area contributed by atoms with Gasteiger partial charge in [-0.1, -0.05) is 12.5 Å². The van der Waals surface area contributed by atoms with Gasteiger partial charge in [0.2, 0.25) is 15.9 Å². The first-order chi connectivity index (χ1) is 11.4. The van der Waals surface area contributed by atoms with Crippen molar-refractivity contribution in [2.24, 2.45) is 11.7 Å². The minimum Gasteiger partial charge on any atom is -0.330 e. The molecule has 0 bridgehead atoms. The van der Waals surface area contributed by atoms with Crippen LogP contribution < -0.4 is 15.4 Å². The Hall–Kier alpha value is -1.15. The number of fused-ring (bicyclic) bond motifs is 1. The van der Waals surface area contributed by atoms with E-state index in [1.165, 1.54) is 6.92 Å². The van der Waals surface area contributed by atoms with Crippen molar-refractivity contribution in [1.29, 1.82) is 0 Å². The quantitative estimate of drug-likeness (QED) is 0.824. The zero-order valence-electron chi connectivity index (χ0n) is 14.4. The Morgan fingerprint density at radius 3 is 2.76 bits per heavy atom. The Kier molecular flexibility index (Phi) is 6.48. The molecule has 1 aliphatic carbocycles. The molecule has 25 heavy (non-hydrogen) atoms. The van der Waals surface area contributed by atoms with Gasteiger partial charge < -0.3 is 10.6 Å². The van der Waals surface area contributed by atoms with Gasteiger partial charge in [0.1, 0.15) is 0 Å². The highest BCUT2D eigenvalue weighted by atomic mass is 35.5. The van der Waals surface area contributed by atoms with E-state index in [9.17, 15) is 13.2 Å². The zero-order chi connectivity index (χ0) is 17.3. The highest BCUT2D eigenvalue weighted by Gasteiger charge is 2.31. The number of anilines is 1. The number of halogens is 1. The number of hydrogen-bond donors (Lipinski definition) is 2. The number of hydrogen-bond acceptors (Lipinski definition) is 4. The van der Waals surface area contributed by atoms with Crippen molar-refractivity contribution >= 4 is 34.0 Å². The molecule has 0 aromatic heterocycles. The fraction of sp³-hybridized carbons (Fsp3) is 0.588. The fourth-order valence-electron chi connectivity index (χ4n) is 3.79. The predicted octanol–water partition coefficient (Wildman–Crippen LogP) is 1.81. The molecule has 1 aromatic rings. The molecule has 1 amide bonds. The molecule has 2 unspecified atom stereocenters. The molecule has 3 N–H and O–H groups in total. The number of benzene rings is 1. The Morgan fingerprint density at radius 2 is 2.08 bits per heavy atom. The molecule has 140 valence electrons. The summed E-state index contributed by atoms with van der Waals surface area (Å²) in [6.07, 6.45) is 4.55. The van der Waals surface area contributed by atoms with Gasteiger partial charge in [-0.3, -0.25) is 4.79 Å². The summed E-state index contributed by atoms with van der Waals surface area (Å²) >= 11 is 0. The summed E-state index contributed by atoms with van der Waals surface area (Å²) in [6, 6.07) is 5.00. The van der Waals surface area contributed by atoms with Crippen molar-refractivity contribution in [3.8, 4) is 0 Å². The van der Waals surface area contributed by atoms with Crippen molar-refractivity contribution in [3.05, 3.63) is 23.8 Å². The summed E-state index contributed by atoms with van der Waals surface area (Å²) in [5.74, 6) is 0.142. The number of nitrogens with one attached hydrogen (secondary N) is 1. The number of amides is 1. The molecule has 1 aliphatic heterocycles. The lowest BCUT2D eigenvalue weighted by Crippen LogP contribution is -2.40. The monoisotopic (exact) mass is 387 g/mol. The summed E-state index contributed by atoms with van der Waals surface area (Å²) in [4.78, 5) is 13.7. The van der Waals surface area contributed by atoms with Crippen LogP contribution >= 0.6 is 12.4 Å². The Morgan fingerprint density at radius 1 is 1.32 bits per heavy atom. The van der Waals surface area contributed by atoms with E-state index in [0.717, 1.165) is 43.4 Å². The molecular weight excluding hydrogens is 362 g/mol. The zero-order valence-corrected chi connectivity index (χ0v) is 16.0. The summed E-state index contributed by atoms with van der Waals surface area (Å²) in [7, 11) is -3.61. The van der Waals surface area contributed by atoms with Crippen LogP contribution in [0.5, 0.6) is 0 Å². The summed E-state index contributed by atoms with van der Waals surface area (Å²) in [5, 5.41) is 0. The molecule has 1 aromatic carbocycles. The van der Waals surface area contributed by atoms with Crippen LogP contribution in [0.15, 0.2) is 23.1 Å². The van der Waals surface area contributed by atoms with Crippen LogP contribution in [0.1, 0.15) is 38.2 Å². The average Bonchev–Trinajstić information content (AvgIpc) is 3.00. The van der Waals surface area contributed by atoms with Gasteiger partial charge in [0.25, 0.3) is 0 Å². The second-order valence-corrected chi connectivity index (χ2v) is 8.43. The highest BCUT2D eigenvalue weighted by Crippen LogP contribution is 2.31. The molecule has 0 spiro atoms. The Balaban J connectivity index is 0.00000225. The Labute approximate surface area is 155 Å². The van der Waals surface area contributed by atoms with E-state index in [4.69, 9.17) is 5.73 Å². The highest BCUT2D eigenvalue weighted by molar-refractivity contribution is 7.89. The lowest BCUT2D eigenvalue weighted by molar-refractivity contribution is -0.116. The molecule has 8 heteroatoms. The number of nitrogens with zero attached hydrogens (tertiary/aromatic N) is 1. The van der Waals surface area contributed by atoms with Crippen LogP contribution in [0.4, 0.5) is 5.69 Å². The summed E-state index contributed by atoms with van der Waals surface area (Å²) in [6.45, 7) is 2.64. The normalized spacial score (nSPS) is 23.0. The van der Waals surface area contributed by atoms with Gasteiger partial charge in [0.05, 0.1) is 4.90 Å². The van der Waals surface area contributed by atoms with E-state index in [-0.39, 0.29) is 35.2 Å². The molecule has 0 radical (unpaired) electrons. The third kappa shape index (κ3) is 4.16. The molecule has 1 fully saturated rings. The minimum atomic E-state index is -3.61. The van der Waals surface area contributed by atoms with Gasteiger partial charge in [-0.05, 0) is 55.8 Å². The molecule has 2 aliphatic rings. The van der Waals surface area contributed by atoms with Crippen molar-refractivity contribution in [3.63, 3.8) is 0 Å². The van der Waals surface area contributed by atoms with Crippen molar-refractivity contribution < 1.29 is 13.2 Å². The second kappa shape index (κ2) is 8.03. The molecule has 1 heterocycles. The largest absolute Gasteiger partial charge is 0.330 e. The minimum absolute atomic E-state index is 0. The van der Waals surface area contributed by atoms with Crippen molar-refractivity contribution in [2.45, 2.75) is 50.0 Å². The van der Waals surface area contributed by atoms with Gasteiger partial charge in [0.15, 0.2) is 0 Å². The van der Waals surface area contributed by atoms with Crippen LogP contribution in [-0.2, 0) is 21.2 Å². The van der Waals surface area contributed by atoms with E-state index in [1.54, 1.807) is 17.0 Å². The maximum absolute atomic E-state index is 12.8. The van der Waals surface area contributed by atoms with Gasteiger partial charge in [-0.25, -0.2) is 13.1 Å². The number of sulfonamides is 1. The number of nitrogens with two attached hydrogens (primary N) is 1. The van der Waals surface area contributed by atoms with E-state index in [1.807, 2.05) is 6.07 Å². The number of aryl methyl sites for hydroxylation is 1. The van der Waals surface area contributed by atoms with Crippen LogP contribution in [0, 0.1) is 5.92 Å². The summed E-state index contributed by atoms with van der Waals surface area (Å²) in [5.41, 5.74) is 7.49. The smallest absolute Gasteiger partial charge is 0.240 e. The topological polar surface area (TPSA) is 92.5 Å². The SMILES string of the molecule is CC(=O)N1CCCc2ccc(S(=O)(=O)NC3CCCC3CN)cc21.Cl. The van der Waals surface area contributed by atoms with Gasteiger partial charge in [-0.15, -0.1) is 12.4 Å². The van der Waals surface area contributed by atoms with Crippen LogP contribution in [0.25, 0.3) is 0 Å². The van der Waals surface area contributed by atoms with Gasteiger partial charge >= 0.3 is 0 Å². The number of rotatable bonds is 4. The van der Waals surface area contributed by atoms with E-state index in [2.05, 4.69) is 4.72 Å². The van der Waals surface area contributed by atoms with E-state index in [0.29, 0.717) is 13.1 Å². The van der Waals surface area contributed by atoms with Crippen LogP contribution in [0.3, 0.4) is 0 Å². The van der Waals surface area contributed by atoms with Gasteiger partial charge in [0, 0.05) is 25.2 Å². The maximum Gasteiger partial charge on any atom is 0.240 e. The third-order valence-electron chi connectivity index (χ3n) is 5.13. The maximum atomic E-state index is 12.8. The molecule has 3 rings (SSSR count). The van der Waals surface area contributed by atoms with Crippen molar-refractivity contribution in [1.82, 2.24) is 4.72 Å². The van der Waals surface area contributed by atoms with Crippen LogP contribution in [-0.4, -0.2) is 33.5 Å². The third-order valence-corrected chi connectivity index (χ3v) is 6.62. The van der Waals surface area contributed by atoms with Crippen LogP contribution in [0.2, 0.25) is 0 Å². The van der Waals surface area contributed by atoms with E-state index < -0.39 is 10.0 Å².